The molecule has 0 unspecified atom stereocenters. The van der Waals surface area contributed by atoms with Gasteiger partial charge in [0.1, 0.15) is 0 Å². The second-order valence-corrected chi connectivity index (χ2v) is 5.44. The first-order valence-corrected chi connectivity index (χ1v) is 5.83. The van der Waals surface area contributed by atoms with Crippen LogP contribution < -0.4 is 11.3 Å². The number of carbonyl (C=O) groups is 1. The van der Waals surface area contributed by atoms with E-state index in [0.717, 1.165) is 0 Å². The van der Waals surface area contributed by atoms with Gasteiger partial charge in [0, 0.05) is 11.9 Å². The Morgan fingerprint density at radius 2 is 1.83 bits per heavy atom. The van der Waals surface area contributed by atoms with Crippen LogP contribution in [0.5, 0.6) is 0 Å². The maximum Gasteiger partial charge on any atom is 0.514 e. The van der Waals surface area contributed by atoms with Crippen molar-refractivity contribution in [1.82, 2.24) is 4.98 Å². The predicted octanol–water partition coefficient (Wildman–Crippen LogP) is 0.775. The molecular weight excluding hydrogens is 231 g/mol. The third-order valence-electron chi connectivity index (χ3n) is 3.61. The molecule has 0 spiro atoms. The molecule has 2 N–H and O–H groups in total. The Morgan fingerprint density at radius 1 is 1.28 bits per heavy atom. The number of aromatic nitrogens is 1. The van der Waals surface area contributed by atoms with Gasteiger partial charge >= 0.3 is 7.12 Å². The zero-order valence-electron chi connectivity index (χ0n) is 11.1. The topological polar surface area (TPSA) is 74.4 Å². The highest BCUT2D eigenvalue weighted by atomic mass is 16.7. The lowest BCUT2D eigenvalue weighted by atomic mass is 9.83. The van der Waals surface area contributed by atoms with E-state index < -0.39 is 18.3 Å². The molecule has 6 heteroatoms. The smallest absolute Gasteiger partial charge is 0.398 e. The van der Waals surface area contributed by atoms with E-state index in [1.165, 1.54) is 6.20 Å². The van der Waals surface area contributed by atoms with E-state index in [9.17, 15) is 4.79 Å². The van der Waals surface area contributed by atoms with Crippen LogP contribution in [0.4, 0.5) is 5.69 Å². The molecule has 0 atom stereocenters. The van der Waals surface area contributed by atoms with Gasteiger partial charge in [-0.2, -0.15) is 0 Å². The SMILES string of the molecule is CC1(C)OB(c2cc(N)c(C=O)cn2)OC1(C)C. The first-order chi connectivity index (χ1) is 8.27. The number of nitrogen functional groups attached to an aromatic ring is 1. The minimum Gasteiger partial charge on any atom is -0.398 e. The van der Waals surface area contributed by atoms with Crippen LogP contribution in [0, 0.1) is 0 Å². The molecule has 2 rings (SSSR count). The monoisotopic (exact) mass is 248 g/mol. The molecule has 1 saturated heterocycles. The van der Waals surface area contributed by atoms with Gasteiger partial charge in [0.2, 0.25) is 0 Å². The van der Waals surface area contributed by atoms with Crippen LogP contribution in [-0.2, 0) is 9.31 Å². The summed E-state index contributed by atoms with van der Waals surface area (Å²) in [4.78, 5) is 14.8. The molecular formula is C12H17BN2O3. The van der Waals surface area contributed by atoms with Gasteiger partial charge in [-0.15, -0.1) is 0 Å². The van der Waals surface area contributed by atoms with Crippen molar-refractivity contribution in [1.29, 1.82) is 0 Å². The molecule has 0 radical (unpaired) electrons. The fraction of sp³-hybridized carbons (Fsp3) is 0.500. The van der Waals surface area contributed by atoms with Crippen LogP contribution in [0.1, 0.15) is 38.1 Å². The number of pyridine rings is 1. The van der Waals surface area contributed by atoms with E-state index in [0.29, 0.717) is 23.1 Å². The molecule has 5 nitrogen and oxygen atoms in total. The molecule has 0 aliphatic carbocycles. The van der Waals surface area contributed by atoms with Crippen molar-refractivity contribution in [2.75, 3.05) is 5.73 Å². The minimum atomic E-state index is -0.557. The van der Waals surface area contributed by atoms with Gasteiger partial charge in [0.25, 0.3) is 0 Å². The first kappa shape index (κ1) is 13.0. The van der Waals surface area contributed by atoms with Crippen LogP contribution in [0.15, 0.2) is 12.3 Å². The summed E-state index contributed by atoms with van der Waals surface area (Å²) in [7, 11) is -0.557. The summed E-state index contributed by atoms with van der Waals surface area (Å²) in [5, 5.41) is 0. The van der Waals surface area contributed by atoms with E-state index in [4.69, 9.17) is 15.0 Å². The van der Waals surface area contributed by atoms with Crippen molar-refractivity contribution >= 4 is 24.7 Å². The number of anilines is 1. The molecule has 0 bridgehead atoms. The normalized spacial score (nSPS) is 21.0. The van der Waals surface area contributed by atoms with Crippen molar-refractivity contribution in [3.05, 3.63) is 17.8 Å². The standard InChI is InChI=1S/C12H17BN2O3/c1-11(2)12(3,4)18-13(17-11)10-5-9(14)8(7-16)6-15-10/h5-7H,1-4H3,(H2,14,15). The maximum absolute atomic E-state index is 10.7. The summed E-state index contributed by atoms with van der Waals surface area (Å²) in [5.74, 6) is 0. The van der Waals surface area contributed by atoms with Crippen molar-refractivity contribution in [2.24, 2.45) is 0 Å². The summed E-state index contributed by atoms with van der Waals surface area (Å²) >= 11 is 0. The molecule has 0 saturated carbocycles. The van der Waals surface area contributed by atoms with Crippen LogP contribution in [0.2, 0.25) is 0 Å². The number of aldehydes is 1. The Labute approximate surface area is 107 Å². The summed E-state index contributed by atoms with van der Waals surface area (Å²) < 4.78 is 11.7. The highest BCUT2D eigenvalue weighted by Crippen LogP contribution is 2.36. The number of hydrogen-bond acceptors (Lipinski definition) is 5. The van der Waals surface area contributed by atoms with Gasteiger partial charge in [-0.25, -0.2) is 0 Å². The highest BCUT2D eigenvalue weighted by molar-refractivity contribution is 6.61. The lowest BCUT2D eigenvalue weighted by Crippen LogP contribution is -2.41. The predicted molar refractivity (Wildman–Crippen MR) is 69.8 cm³/mol. The average Bonchev–Trinajstić information content (AvgIpc) is 2.48. The van der Waals surface area contributed by atoms with Crippen LogP contribution in [0.3, 0.4) is 0 Å². The Balaban J connectivity index is 2.30. The van der Waals surface area contributed by atoms with Gasteiger partial charge in [-0.1, -0.05) is 0 Å². The van der Waals surface area contributed by atoms with Crippen LogP contribution in [0.25, 0.3) is 0 Å². The minimum absolute atomic E-state index is 0.371. The molecule has 1 aliphatic heterocycles. The quantitative estimate of drug-likeness (QED) is 0.618. The van der Waals surface area contributed by atoms with Crippen molar-refractivity contribution < 1.29 is 14.1 Å². The molecule has 96 valence electrons. The van der Waals surface area contributed by atoms with Gasteiger partial charge in [-0.3, -0.25) is 9.78 Å². The summed E-state index contributed by atoms with van der Waals surface area (Å²) in [6, 6.07) is 1.62. The van der Waals surface area contributed by atoms with E-state index in [2.05, 4.69) is 4.98 Å². The zero-order chi connectivity index (χ0) is 13.6. The van der Waals surface area contributed by atoms with E-state index >= 15 is 0 Å². The fourth-order valence-electron chi connectivity index (χ4n) is 1.69. The van der Waals surface area contributed by atoms with E-state index in [1.807, 2.05) is 27.7 Å². The van der Waals surface area contributed by atoms with E-state index in [1.54, 1.807) is 6.07 Å². The molecule has 18 heavy (non-hydrogen) atoms. The lowest BCUT2D eigenvalue weighted by molar-refractivity contribution is 0.00578. The van der Waals surface area contributed by atoms with Gasteiger partial charge in [0.05, 0.1) is 22.4 Å². The summed E-state index contributed by atoms with van der Waals surface area (Å²) in [5.41, 5.74) is 6.24. The number of rotatable bonds is 2. The third kappa shape index (κ3) is 2.02. The Kier molecular flexibility index (Phi) is 2.95. The van der Waals surface area contributed by atoms with Gasteiger partial charge in [0.15, 0.2) is 6.29 Å². The second-order valence-electron chi connectivity index (χ2n) is 5.44. The Bertz CT molecular complexity index is 472. The largest absolute Gasteiger partial charge is 0.514 e. The first-order valence-electron chi connectivity index (χ1n) is 5.83. The van der Waals surface area contributed by atoms with Crippen molar-refractivity contribution in [2.45, 2.75) is 38.9 Å². The molecule has 0 amide bonds. The number of carbonyl (C=O) groups excluding carboxylic acids is 1. The fourth-order valence-corrected chi connectivity index (χ4v) is 1.69. The molecule has 1 aliphatic rings. The van der Waals surface area contributed by atoms with Crippen molar-refractivity contribution in [3.63, 3.8) is 0 Å². The van der Waals surface area contributed by atoms with Crippen molar-refractivity contribution in [3.8, 4) is 0 Å². The molecule has 1 aromatic rings. The second kappa shape index (κ2) is 4.07. The third-order valence-corrected chi connectivity index (χ3v) is 3.61. The molecule has 1 aromatic heterocycles. The van der Waals surface area contributed by atoms with Crippen LogP contribution >= 0.6 is 0 Å². The summed E-state index contributed by atoms with van der Waals surface area (Å²) in [6.45, 7) is 7.87. The van der Waals surface area contributed by atoms with Gasteiger partial charge in [-0.05, 0) is 33.8 Å². The average molecular weight is 248 g/mol. The molecule has 1 fully saturated rings. The highest BCUT2D eigenvalue weighted by Gasteiger charge is 2.52. The lowest BCUT2D eigenvalue weighted by Gasteiger charge is -2.32. The van der Waals surface area contributed by atoms with E-state index in [-0.39, 0.29) is 0 Å². The molecule has 0 aromatic carbocycles. The Morgan fingerprint density at radius 3 is 2.28 bits per heavy atom. The van der Waals surface area contributed by atoms with Gasteiger partial charge < -0.3 is 15.0 Å². The summed E-state index contributed by atoms with van der Waals surface area (Å²) in [6.07, 6.45) is 2.11. The number of nitrogens with two attached hydrogens (primary N) is 1. The zero-order valence-corrected chi connectivity index (χ0v) is 11.1. The molecule has 2 heterocycles. The number of nitrogens with zero attached hydrogens (tertiary/aromatic N) is 1. The number of hydrogen-bond donors (Lipinski definition) is 1. The Hall–Kier alpha value is -1.40. The van der Waals surface area contributed by atoms with Crippen LogP contribution in [-0.4, -0.2) is 29.6 Å². The maximum atomic E-state index is 10.7.